The highest BCUT2D eigenvalue weighted by molar-refractivity contribution is 7.92. The second kappa shape index (κ2) is 7.51. The Morgan fingerprint density at radius 3 is 2.57 bits per heavy atom. The molecule has 1 rings (SSSR count). The summed E-state index contributed by atoms with van der Waals surface area (Å²) in [5, 5.41) is 0.453. The molecule has 1 aromatic carbocycles. The number of halogens is 1. The second-order valence-electron chi connectivity index (χ2n) is 4.66. The van der Waals surface area contributed by atoms with Crippen LogP contribution in [0.2, 0.25) is 5.02 Å². The fourth-order valence-electron chi connectivity index (χ4n) is 1.67. The molecule has 0 atom stereocenters. The minimum absolute atomic E-state index is 0.0672. The normalized spacial score (nSPS) is 11.0. The van der Waals surface area contributed by atoms with E-state index in [9.17, 15) is 13.2 Å². The second-order valence-corrected chi connectivity index (χ2v) is 6.91. The molecule has 0 aliphatic carbocycles. The first-order valence-electron chi connectivity index (χ1n) is 6.29. The van der Waals surface area contributed by atoms with Crippen LogP contribution in [0.15, 0.2) is 18.2 Å². The zero-order chi connectivity index (χ0) is 16.0. The van der Waals surface area contributed by atoms with E-state index < -0.39 is 16.0 Å². The monoisotopic (exact) mass is 334 g/mol. The molecule has 0 aliphatic heterocycles. The van der Waals surface area contributed by atoms with Crippen LogP contribution in [-0.2, 0) is 19.6 Å². The van der Waals surface area contributed by atoms with Crippen molar-refractivity contribution in [1.82, 2.24) is 0 Å². The lowest BCUT2D eigenvalue weighted by Crippen LogP contribution is -2.18. The van der Waals surface area contributed by atoms with Gasteiger partial charge in [0.1, 0.15) is 0 Å². The zero-order valence-electron chi connectivity index (χ0n) is 12.2. The van der Waals surface area contributed by atoms with Gasteiger partial charge in [-0.1, -0.05) is 11.6 Å². The van der Waals surface area contributed by atoms with Crippen LogP contribution >= 0.6 is 11.6 Å². The number of nitrogens with one attached hydrogen (secondary N) is 1. The largest absolute Gasteiger partial charge is 0.469 e. The van der Waals surface area contributed by atoms with E-state index in [0.29, 0.717) is 10.7 Å². The van der Waals surface area contributed by atoms with Gasteiger partial charge in [-0.05, 0) is 24.6 Å². The molecule has 118 valence electrons. The Labute approximate surface area is 130 Å². The first-order valence-corrected chi connectivity index (χ1v) is 8.32. The Morgan fingerprint density at radius 1 is 1.38 bits per heavy atom. The van der Waals surface area contributed by atoms with Crippen LogP contribution in [0.4, 0.5) is 11.4 Å². The molecule has 21 heavy (non-hydrogen) atoms. The molecule has 6 nitrogen and oxygen atoms in total. The highest BCUT2D eigenvalue weighted by Gasteiger charge is 2.13. The third-order valence-corrected chi connectivity index (χ3v) is 4.40. The third kappa shape index (κ3) is 5.81. The maximum atomic E-state index is 11.9. The van der Waals surface area contributed by atoms with Crippen LogP contribution < -0.4 is 9.62 Å². The minimum Gasteiger partial charge on any atom is -0.469 e. The van der Waals surface area contributed by atoms with Crippen LogP contribution in [0, 0.1) is 0 Å². The fraction of sp³-hybridized carbons (Fsp3) is 0.462. The lowest BCUT2D eigenvalue weighted by Gasteiger charge is -2.15. The summed E-state index contributed by atoms with van der Waals surface area (Å²) in [7, 11) is 1.44. The van der Waals surface area contributed by atoms with Crippen LogP contribution in [0.1, 0.15) is 12.8 Å². The zero-order valence-corrected chi connectivity index (χ0v) is 13.8. The van der Waals surface area contributed by atoms with Crippen LogP contribution in [0.5, 0.6) is 0 Å². The summed E-state index contributed by atoms with van der Waals surface area (Å²) in [4.78, 5) is 12.8. The number of methoxy groups -OCH3 is 1. The Hall–Kier alpha value is -1.47. The number of hydrogen-bond acceptors (Lipinski definition) is 5. The molecule has 0 radical (unpaired) electrons. The Morgan fingerprint density at radius 2 is 2.05 bits per heavy atom. The predicted molar refractivity (Wildman–Crippen MR) is 84.4 cm³/mol. The number of carbonyl (C=O) groups excluding carboxylic acids is 1. The molecule has 0 heterocycles. The average Bonchev–Trinajstić information content (AvgIpc) is 2.37. The number of rotatable bonds is 7. The Kier molecular flexibility index (Phi) is 6.29. The van der Waals surface area contributed by atoms with E-state index in [2.05, 4.69) is 9.46 Å². The first-order chi connectivity index (χ1) is 9.75. The average molecular weight is 335 g/mol. The third-order valence-electron chi connectivity index (χ3n) is 2.72. The van der Waals surface area contributed by atoms with Crippen molar-refractivity contribution in [3.05, 3.63) is 23.2 Å². The van der Waals surface area contributed by atoms with Gasteiger partial charge in [0, 0.05) is 20.5 Å². The van der Waals surface area contributed by atoms with Crippen LogP contribution in [0.3, 0.4) is 0 Å². The summed E-state index contributed by atoms with van der Waals surface area (Å²) >= 11 is 6.08. The van der Waals surface area contributed by atoms with Gasteiger partial charge in [-0.25, -0.2) is 8.42 Å². The summed E-state index contributed by atoms with van der Waals surface area (Å²) in [5.41, 5.74) is 1.19. The van der Waals surface area contributed by atoms with Crippen molar-refractivity contribution in [2.24, 2.45) is 0 Å². The number of hydrogen-bond donors (Lipinski definition) is 1. The maximum Gasteiger partial charge on any atom is 0.305 e. The standard InChI is InChI=1S/C13H19ClN2O4S/c1-16(2)12-7-6-10(9-11(12)14)15-21(18,19)8-4-5-13(17)20-3/h6-7,9,15H,4-5,8H2,1-3H3. The van der Waals surface area contributed by atoms with Gasteiger partial charge < -0.3 is 9.64 Å². The SMILES string of the molecule is COC(=O)CCCS(=O)(=O)Nc1ccc(N(C)C)c(Cl)c1. The first kappa shape index (κ1) is 17.6. The minimum atomic E-state index is -3.52. The molecular formula is C13H19ClN2O4S. The molecule has 0 aromatic heterocycles. The number of esters is 1. The summed E-state index contributed by atoms with van der Waals surface area (Å²) in [5.74, 6) is -0.585. The molecule has 1 aromatic rings. The van der Waals surface area contributed by atoms with E-state index in [4.69, 9.17) is 11.6 Å². The van der Waals surface area contributed by atoms with Crippen molar-refractivity contribution in [1.29, 1.82) is 0 Å². The van der Waals surface area contributed by atoms with Crippen molar-refractivity contribution in [2.75, 3.05) is 36.6 Å². The van der Waals surface area contributed by atoms with Gasteiger partial charge >= 0.3 is 5.97 Å². The number of anilines is 2. The van der Waals surface area contributed by atoms with Crippen molar-refractivity contribution < 1.29 is 17.9 Å². The van der Waals surface area contributed by atoms with Gasteiger partial charge in [0.05, 0.1) is 29.3 Å². The molecule has 0 saturated heterocycles. The summed E-state index contributed by atoms with van der Waals surface area (Å²) in [6.45, 7) is 0. The van der Waals surface area contributed by atoms with E-state index in [1.807, 2.05) is 19.0 Å². The number of sulfonamides is 1. The van der Waals surface area contributed by atoms with E-state index in [1.54, 1.807) is 18.2 Å². The van der Waals surface area contributed by atoms with Gasteiger partial charge in [0.25, 0.3) is 0 Å². The molecule has 0 spiro atoms. The molecule has 0 bridgehead atoms. The van der Waals surface area contributed by atoms with E-state index >= 15 is 0 Å². The highest BCUT2D eigenvalue weighted by atomic mass is 35.5. The summed E-state index contributed by atoms with van der Waals surface area (Å²) < 4.78 is 30.7. The highest BCUT2D eigenvalue weighted by Crippen LogP contribution is 2.27. The lowest BCUT2D eigenvalue weighted by atomic mass is 10.3. The summed E-state index contributed by atoms with van der Waals surface area (Å²) in [6, 6.07) is 4.92. The number of benzene rings is 1. The van der Waals surface area contributed by atoms with Crippen molar-refractivity contribution in [3.8, 4) is 0 Å². The van der Waals surface area contributed by atoms with Crippen molar-refractivity contribution in [3.63, 3.8) is 0 Å². The Bertz CT molecular complexity index is 602. The van der Waals surface area contributed by atoms with Crippen LogP contribution in [0.25, 0.3) is 0 Å². The number of carbonyl (C=O) groups is 1. The topological polar surface area (TPSA) is 75.7 Å². The molecule has 1 N–H and O–H groups in total. The number of nitrogens with zero attached hydrogens (tertiary/aromatic N) is 1. The smallest absolute Gasteiger partial charge is 0.305 e. The van der Waals surface area contributed by atoms with E-state index in [-0.39, 0.29) is 18.6 Å². The predicted octanol–water partition coefficient (Wildman–Crippen LogP) is 2.10. The van der Waals surface area contributed by atoms with E-state index in [1.165, 1.54) is 7.11 Å². The van der Waals surface area contributed by atoms with Gasteiger partial charge in [0.2, 0.25) is 10.0 Å². The van der Waals surface area contributed by atoms with Crippen LogP contribution in [-0.4, -0.2) is 41.3 Å². The van der Waals surface area contributed by atoms with E-state index in [0.717, 1.165) is 5.69 Å². The molecule has 0 unspecified atom stereocenters. The summed E-state index contributed by atoms with van der Waals surface area (Å²) in [6.07, 6.45) is 0.267. The number of ether oxygens (including phenoxy) is 1. The quantitative estimate of drug-likeness (QED) is 0.773. The lowest BCUT2D eigenvalue weighted by molar-refractivity contribution is -0.140. The molecule has 8 heteroatoms. The fourth-order valence-corrected chi connectivity index (χ4v) is 3.13. The van der Waals surface area contributed by atoms with Gasteiger partial charge in [0.15, 0.2) is 0 Å². The van der Waals surface area contributed by atoms with Crippen molar-refractivity contribution in [2.45, 2.75) is 12.8 Å². The maximum absolute atomic E-state index is 11.9. The molecule has 0 fully saturated rings. The molecule has 0 aliphatic rings. The molecule has 0 saturated carbocycles. The van der Waals surface area contributed by atoms with Gasteiger partial charge in [-0.15, -0.1) is 0 Å². The Balaban J connectivity index is 2.67. The van der Waals surface area contributed by atoms with Gasteiger partial charge in [-0.2, -0.15) is 0 Å². The molecule has 0 amide bonds. The van der Waals surface area contributed by atoms with Crippen molar-refractivity contribution >= 4 is 39.0 Å². The molecular weight excluding hydrogens is 316 g/mol. The van der Waals surface area contributed by atoms with Gasteiger partial charge in [-0.3, -0.25) is 9.52 Å².